The number of aryl methyl sites for hydroxylation is 1. The van der Waals surface area contributed by atoms with Gasteiger partial charge in [0.2, 0.25) is 0 Å². The highest BCUT2D eigenvalue weighted by molar-refractivity contribution is 5.94. The van der Waals surface area contributed by atoms with Crippen molar-refractivity contribution in [3.8, 4) is 0 Å². The molecular formula is C15H19N5O. The predicted molar refractivity (Wildman–Crippen MR) is 81.4 cm³/mol. The Bertz CT molecular complexity index is 600. The van der Waals surface area contributed by atoms with Crippen LogP contribution in [0.2, 0.25) is 0 Å². The lowest BCUT2D eigenvalue weighted by molar-refractivity contribution is 0.0950. The van der Waals surface area contributed by atoms with Gasteiger partial charge in [0, 0.05) is 30.2 Å². The van der Waals surface area contributed by atoms with Gasteiger partial charge in [0.15, 0.2) is 0 Å². The summed E-state index contributed by atoms with van der Waals surface area (Å²) in [6.45, 7) is 2.50. The molecule has 0 aliphatic carbocycles. The fraction of sp³-hybridized carbons (Fsp3) is 0.267. The van der Waals surface area contributed by atoms with Crippen molar-refractivity contribution >= 4 is 11.7 Å². The maximum absolute atomic E-state index is 12.2. The molecule has 0 saturated carbocycles. The summed E-state index contributed by atoms with van der Waals surface area (Å²) in [6, 6.07) is 7.18. The van der Waals surface area contributed by atoms with Gasteiger partial charge < -0.3 is 10.7 Å². The van der Waals surface area contributed by atoms with Crippen LogP contribution in [0.3, 0.4) is 0 Å². The van der Waals surface area contributed by atoms with E-state index < -0.39 is 0 Å². The fourth-order valence-corrected chi connectivity index (χ4v) is 1.96. The van der Waals surface area contributed by atoms with Gasteiger partial charge in [-0.1, -0.05) is 19.4 Å². The van der Waals surface area contributed by atoms with Gasteiger partial charge in [-0.2, -0.15) is 0 Å². The molecule has 2 aromatic heterocycles. The number of hydrogen-bond donors (Lipinski definition) is 3. The van der Waals surface area contributed by atoms with Crippen LogP contribution >= 0.6 is 0 Å². The van der Waals surface area contributed by atoms with Crippen molar-refractivity contribution in [3.05, 3.63) is 53.5 Å². The molecule has 0 atom stereocenters. The molecule has 4 N–H and O–H groups in total. The summed E-state index contributed by atoms with van der Waals surface area (Å²) in [7, 11) is 0. The zero-order chi connectivity index (χ0) is 15.1. The van der Waals surface area contributed by atoms with Gasteiger partial charge in [-0.25, -0.2) is 10.8 Å². The lowest BCUT2D eigenvalue weighted by Crippen LogP contribution is -2.23. The van der Waals surface area contributed by atoms with Crippen molar-refractivity contribution in [2.75, 3.05) is 5.43 Å². The molecule has 2 heterocycles. The quantitative estimate of drug-likeness (QED) is 0.554. The van der Waals surface area contributed by atoms with E-state index in [-0.39, 0.29) is 5.91 Å². The third-order valence-electron chi connectivity index (χ3n) is 2.97. The van der Waals surface area contributed by atoms with E-state index in [1.165, 1.54) is 0 Å². The van der Waals surface area contributed by atoms with Crippen LogP contribution in [0.5, 0.6) is 0 Å². The van der Waals surface area contributed by atoms with Gasteiger partial charge in [-0.15, -0.1) is 0 Å². The number of hydrazine groups is 1. The van der Waals surface area contributed by atoms with Crippen molar-refractivity contribution in [2.45, 2.75) is 26.3 Å². The average Bonchev–Trinajstić information content (AvgIpc) is 2.53. The van der Waals surface area contributed by atoms with E-state index in [0.29, 0.717) is 17.9 Å². The van der Waals surface area contributed by atoms with E-state index in [4.69, 9.17) is 5.84 Å². The first-order valence-electron chi connectivity index (χ1n) is 6.87. The Kier molecular flexibility index (Phi) is 5.22. The van der Waals surface area contributed by atoms with Gasteiger partial charge in [-0.3, -0.25) is 9.78 Å². The predicted octanol–water partition coefficient (Wildman–Crippen LogP) is 1.64. The van der Waals surface area contributed by atoms with E-state index in [2.05, 4.69) is 27.6 Å². The normalized spacial score (nSPS) is 10.2. The van der Waals surface area contributed by atoms with Crippen molar-refractivity contribution in [2.24, 2.45) is 5.84 Å². The Labute approximate surface area is 123 Å². The molecule has 2 aromatic rings. The molecule has 0 bridgehead atoms. The summed E-state index contributed by atoms with van der Waals surface area (Å²) in [6.07, 6.45) is 5.18. The number of nitrogen functional groups attached to an aromatic ring is 1. The number of nitrogens with two attached hydrogens (primary N) is 1. The van der Waals surface area contributed by atoms with Gasteiger partial charge in [0.05, 0.1) is 0 Å². The van der Waals surface area contributed by atoms with Crippen LogP contribution < -0.4 is 16.6 Å². The van der Waals surface area contributed by atoms with Crippen LogP contribution in [0.1, 0.15) is 35.0 Å². The standard InChI is InChI=1S/C15H19N5O/c1-2-4-13-7-12(8-14(19-13)20-16)15(21)18-10-11-5-3-6-17-9-11/h3,5-9H,2,4,10,16H2,1H3,(H,18,21)(H,19,20). The lowest BCUT2D eigenvalue weighted by atomic mass is 10.1. The fourth-order valence-electron chi connectivity index (χ4n) is 1.96. The molecule has 0 aliphatic heterocycles. The highest BCUT2D eigenvalue weighted by atomic mass is 16.1. The van der Waals surface area contributed by atoms with Crippen LogP contribution in [0.15, 0.2) is 36.7 Å². The van der Waals surface area contributed by atoms with E-state index in [0.717, 1.165) is 24.1 Å². The third-order valence-corrected chi connectivity index (χ3v) is 2.97. The first kappa shape index (κ1) is 14.9. The highest BCUT2D eigenvalue weighted by Crippen LogP contribution is 2.11. The Morgan fingerprint density at radius 3 is 2.90 bits per heavy atom. The van der Waals surface area contributed by atoms with Crippen LogP contribution in [0, 0.1) is 0 Å². The number of pyridine rings is 2. The zero-order valence-corrected chi connectivity index (χ0v) is 12.0. The molecule has 21 heavy (non-hydrogen) atoms. The molecule has 0 aliphatic rings. The number of aromatic nitrogens is 2. The third kappa shape index (κ3) is 4.25. The first-order chi connectivity index (χ1) is 10.2. The minimum absolute atomic E-state index is 0.157. The zero-order valence-electron chi connectivity index (χ0n) is 12.0. The Morgan fingerprint density at radius 1 is 1.38 bits per heavy atom. The largest absolute Gasteiger partial charge is 0.348 e. The second-order valence-electron chi connectivity index (χ2n) is 4.67. The molecule has 1 amide bonds. The number of anilines is 1. The number of carbonyl (C=O) groups excluding carboxylic acids is 1. The average molecular weight is 285 g/mol. The van der Waals surface area contributed by atoms with Crippen molar-refractivity contribution in [1.29, 1.82) is 0 Å². The van der Waals surface area contributed by atoms with Crippen LogP contribution in [-0.2, 0) is 13.0 Å². The van der Waals surface area contributed by atoms with Crippen molar-refractivity contribution in [1.82, 2.24) is 15.3 Å². The molecule has 0 unspecified atom stereocenters. The minimum Gasteiger partial charge on any atom is -0.348 e. The van der Waals surface area contributed by atoms with Crippen molar-refractivity contribution < 1.29 is 4.79 Å². The van der Waals surface area contributed by atoms with Gasteiger partial charge in [-0.05, 0) is 30.2 Å². The van der Waals surface area contributed by atoms with Gasteiger partial charge in [0.25, 0.3) is 5.91 Å². The second-order valence-corrected chi connectivity index (χ2v) is 4.67. The number of hydrogen-bond acceptors (Lipinski definition) is 5. The number of rotatable bonds is 6. The van der Waals surface area contributed by atoms with Crippen LogP contribution in [0.25, 0.3) is 0 Å². The van der Waals surface area contributed by atoms with Crippen LogP contribution in [-0.4, -0.2) is 15.9 Å². The Morgan fingerprint density at radius 2 is 2.24 bits per heavy atom. The number of nitrogens with one attached hydrogen (secondary N) is 2. The van der Waals surface area contributed by atoms with Crippen LogP contribution in [0.4, 0.5) is 5.82 Å². The molecule has 110 valence electrons. The summed E-state index contributed by atoms with van der Waals surface area (Å²) < 4.78 is 0. The monoisotopic (exact) mass is 285 g/mol. The second kappa shape index (κ2) is 7.35. The van der Waals surface area contributed by atoms with E-state index in [1.807, 2.05) is 12.1 Å². The SMILES string of the molecule is CCCc1cc(C(=O)NCc2cccnc2)cc(NN)n1. The van der Waals surface area contributed by atoms with E-state index in [1.54, 1.807) is 24.5 Å². The number of carbonyl (C=O) groups is 1. The summed E-state index contributed by atoms with van der Waals surface area (Å²) in [5.41, 5.74) is 4.84. The molecule has 0 fully saturated rings. The summed E-state index contributed by atoms with van der Waals surface area (Å²) >= 11 is 0. The maximum atomic E-state index is 12.2. The van der Waals surface area contributed by atoms with E-state index >= 15 is 0 Å². The maximum Gasteiger partial charge on any atom is 0.251 e. The smallest absolute Gasteiger partial charge is 0.251 e. The molecule has 0 aromatic carbocycles. The first-order valence-corrected chi connectivity index (χ1v) is 6.87. The van der Waals surface area contributed by atoms with Gasteiger partial charge >= 0.3 is 0 Å². The highest BCUT2D eigenvalue weighted by Gasteiger charge is 2.09. The molecule has 6 heteroatoms. The Balaban J connectivity index is 2.09. The molecular weight excluding hydrogens is 266 g/mol. The Hall–Kier alpha value is -2.47. The van der Waals surface area contributed by atoms with E-state index in [9.17, 15) is 4.79 Å². The lowest BCUT2D eigenvalue weighted by Gasteiger charge is -2.09. The summed E-state index contributed by atoms with van der Waals surface area (Å²) in [5, 5.41) is 2.86. The number of nitrogens with zero attached hydrogens (tertiary/aromatic N) is 2. The topological polar surface area (TPSA) is 92.9 Å². The summed E-state index contributed by atoms with van der Waals surface area (Å²) in [5.74, 6) is 5.73. The summed E-state index contributed by atoms with van der Waals surface area (Å²) in [4.78, 5) is 20.5. The van der Waals surface area contributed by atoms with Gasteiger partial charge in [0.1, 0.15) is 5.82 Å². The molecule has 0 radical (unpaired) electrons. The molecule has 2 rings (SSSR count). The minimum atomic E-state index is -0.157. The molecule has 6 nitrogen and oxygen atoms in total. The molecule has 0 spiro atoms. The van der Waals surface area contributed by atoms with Crippen molar-refractivity contribution in [3.63, 3.8) is 0 Å². The number of amides is 1. The molecule has 0 saturated heterocycles.